The van der Waals surface area contributed by atoms with Gasteiger partial charge in [-0.05, 0) is 43.4 Å². The first kappa shape index (κ1) is 17.1. The van der Waals surface area contributed by atoms with E-state index in [0.29, 0.717) is 12.5 Å². The van der Waals surface area contributed by atoms with Crippen molar-refractivity contribution in [3.05, 3.63) is 12.2 Å². The lowest BCUT2D eigenvalue weighted by Crippen LogP contribution is -2.37. The summed E-state index contributed by atoms with van der Waals surface area (Å²) in [4.78, 5) is 13.8. The molecule has 1 fully saturated rings. The van der Waals surface area contributed by atoms with E-state index in [-0.39, 0.29) is 11.5 Å². The zero-order valence-electron chi connectivity index (χ0n) is 13.7. The highest BCUT2D eigenvalue weighted by Crippen LogP contribution is 2.27. The molecule has 0 radical (unpaired) electrons. The van der Waals surface area contributed by atoms with Crippen molar-refractivity contribution in [2.45, 2.75) is 59.8 Å². The maximum atomic E-state index is 12.0. The second kappa shape index (κ2) is 7.70. The van der Waals surface area contributed by atoms with Crippen LogP contribution in [0.4, 0.5) is 4.79 Å². The van der Waals surface area contributed by atoms with E-state index in [4.69, 9.17) is 4.74 Å². The van der Waals surface area contributed by atoms with Crippen molar-refractivity contribution in [3.63, 3.8) is 0 Å². The van der Waals surface area contributed by atoms with Gasteiger partial charge in [0, 0.05) is 13.1 Å². The molecule has 3 heteroatoms. The van der Waals surface area contributed by atoms with Crippen LogP contribution >= 0.6 is 0 Å². The average molecular weight is 281 g/mol. The second-order valence-electron chi connectivity index (χ2n) is 7.08. The van der Waals surface area contributed by atoms with Crippen molar-refractivity contribution < 1.29 is 9.53 Å². The van der Waals surface area contributed by atoms with E-state index < -0.39 is 0 Å². The Balaban J connectivity index is 2.30. The molecule has 1 aliphatic heterocycles. The molecule has 3 nitrogen and oxygen atoms in total. The average Bonchev–Trinajstić information content (AvgIpc) is 2.43. The summed E-state index contributed by atoms with van der Waals surface area (Å²) in [7, 11) is 0. The number of carbonyl (C=O) groups excluding carboxylic acids is 1. The minimum absolute atomic E-state index is 0.0171. The molecule has 0 aliphatic carbocycles. The highest BCUT2D eigenvalue weighted by Gasteiger charge is 2.23. The van der Waals surface area contributed by atoms with Gasteiger partial charge in [0.1, 0.15) is 0 Å². The Kier molecular flexibility index (Phi) is 6.57. The Labute approximate surface area is 124 Å². The summed E-state index contributed by atoms with van der Waals surface area (Å²) in [5.41, 5.74) is 1.30. The van der Waals surface area contributed by atoms with Gasteiger partial charge in [0.15, 0.2) is 0 Å². The van der Waals surface area contributed by atoms with E-state index in [1.807, 2.05) is 4.90 Å². The molecule has 0 aromatic carbocycles. The lowest BCUT2D eigenvalue weighted by Gasteiger charge is -2.29. The molecule has 0 spiro atoms. The summed E-state index contributed by atoms with van der Waals surface area (Å²) in [6, 6.07) is 0. The smallest absolute Gasteiger partial charge is 0.409 e. The van der Waals surface area contributed by atoms with Crippen LogP contribution in [0.5, 0.6) is 0 Å². The largest absolute Gasteiger partial charge is 0.449 e. The van der Waals surface area contributed by atoms with Crippen LogP contribution in [-0.2, 0) is 4.74 Å². The number of allylic oxidation sites excluding steroid dienone is 1. The van der Waals surface area contributed by atoms with Gasteiger partial charge in [-0.1, -0.05) is 39.8 Å². The van der Waals surface area contributed by atoms with Gasteiger partial charge < -0.3 is 9.64 Å². The first-order valence-electron chi connectivity index (χ1n) is 7.91. The molecule has 1 heterocycles. The van der Waals surface area contributed by atoms with Gasteiger partial charge in [0.2, 0.25) is 0 Å². The monoisotopic (exact) mass is 281 g/mol. The number of hydrogen-bond acceptors (Lipinski definition) is 2. The predicted molar refractivity (Wildman–Crippen MR) is 83.8 cm³/mol. The second-order valence-corrected chi connectivity index (χ2v) is 7.08. The number of amides is 1. The minimum atomic E-state index is -0.138. The van der Waals surface area contributed by atoms with Crippen LogP contribution in [0.3, 0.4) is 0 Å². The number of carbonyl (C=O) groups is 1. The van der Waals surface area contributed by atoms with E-state index in [1.165, 1.54) is 12.0 Å². The van der Waals surface area contributed by atoms with E-state index in [0.717, 1.165) is 38.8 Å². The Morgan fingerprint density at radius 3 is 2.40 bits per heavy atom. The van der Waals surface area contributed by atoms with Gasteiger partial charge in [-0.15, -0.1) is 0 Å². The topological polar surface area (TPSA) is 29.5 Å². The number of piperidine rings is 1. The van der Waals surface area contributed by atoms with Gasteiger partial charge in [-0.25, -0.2) is 4.79 Å². The van der Waals surface area contributed by atoms with Crippen molar-refractivity contribution in [2.24, 2.45) is 11.3 Å². The molecule has 1 rings (SSSR count). The molecule has 0 bridgehead atoms. The van der Waals surface area contributed by atoms with Crippen LogP contribution in [0, 0.1) is 11.3 Å². The van der Waals surface area contributed by atoms with Crippen LogP contribution in [0.25, 0.3) is 0 Å². The maximum absolute atomic E-state index is 12.0. The predicted octanol–water partition coefficient (Wildman–Crippen LogP) is 4.63. The fraction of sp³-hybridized carbons (Fsp3) is 0.824. The highest BCUT2D eigenvalue weighted by molar-refractivity contribution is 5.67. The van der Waals surface area contributed by atoms with E-state index in [1.54, 1.807) is 0 Å². The fourth-order valence-electron chi connectivity index (χ4n) is 2.28. The summed E-state index contributed by atoms with van der Waals surface area (Å²) in [6.45, 7) is 15.0. The number of hydrogen-bond donors (Lipinski definition) is 0. The lowest BCUT2D eigenvalue weighted by atomic mass is 9.85. The van der Waals surface area contributed by atoms with Crippen LogP contribution in [-0.4, -0.2) is 30.7 Å². The fourth-order valence-corrected chi connectivity index (χ4v) is 2.28. The van der Waals surface area contributed by atoms with Crippen molar-refractivity contribution in [1.82, 2.24) is 4.90 Å². The van der Waals surface area contributed by atoms with Crippen molar-refractivity contribution in [1.29, 1.82) is 0 Å². The zero-order chi connectivity index (χ0) is 15.2. The molecule has 0 N–H and O–H groups in total. The molecule has 0 unspecified atom stereocenters. The first-order valence-corrected chi connectivity index (χ1v) is 7.91. The standard InChI is InChI=1S/C17H31NO2/c1-14(2)15(3)9-10-17(4,5)13-20-16(19)18-11-7-6-8-12-18/h14H,3,6-13H2,1-2,4-5H3. The van der Waals surface area contributed by atoms with Crippen LogP contribution in [0.15, 0.2) is 12.2 Å². The summed E-state index contributed by atoms with van der Waals surface area (Å²) in [6.07, 6.45) is 5.32. The number of ether oxygens (including phenoxy) is 1. The Morgan fingerprint density at radius 1 is 1.25 bits per heavy atom. The quantitative estimate of drug-likeness (QED) is 0.664. The molecule has 1 saturated heterocycles. The Morgan fingerprint density at radius 2 is 1.85 bits per heavy atom. The molecule has 20 heavy (non-hydrogen) atoms. The molecule has 116 valence electrons. The van der Waals surface area contributed by atoms with Crippen LogP contribution in [0.2, 0.25) is 0 Å². The zero-order valence-corrected chi connectivity index (χ0v) is 13.7. The molecule has 1 aliphatic rings. The lowest BCUT2D eigenvalue weighted by molar-refractivity contribution is 0.0594. The minimum Gasteiger partial charge on any atom is -0.449 e. The van der Waals surface area contributed by atoms with E-state index in [9.17, 15) is 4.79 Å². The summed E-state index contributed by atoms with van der Waals surface area (Å²) >= 11 is 0. The van der Waals surface area contributed by atoms with Crippen LogP contribution in [0.1, 0.15) is 59.8 Å². The first-order chi connectivity index (χ1) is 9.32. The Hall–Kier alpha value is -0.990. The van der Waals surface area contributed by atoms with Crippen LogP contribution < -0.4 is 0 Å². The number of likely N-dealkylation sites (tertiary alicyclic amines) is 1. The van der Waals surface area contributed by atoms with Gasteiger partial charge in [0.05, 0.1) is 6.61 Å². The van der Waals surface area contributed by atoms with E-state index >= 15 is 0 Å². The molecule has 0 atom stereocenters. The maximum Gasteiger partial charge on any atom is 0.409 e. The van der Waals surface area contributed by atoms with Crippen molar-refractivity contribution >= 4 is 6.09 Å². The molecule has 0 aromatic heterocycles. The number of rotatable bonds is 6. The van der Waals surface area contributed by atoms with Gasteiger partial charge in [-0.2, -0.15) is 0 Å². The van der Waals surface area contributed by atoms with Crippen molar-refractivity contribution in [3.8, 4) is 0 Å². The van der Waals surface area contributed by atoms with Gasteiger partial charge in [-0.3, -0.25) is 0 Å². The highest BCUT2D eigenvalue weighted by atomic mass is 16.6. The SMILES string of the molecule is C=C(CCC(C)(C)COC(=O)N1CCCCC1)C(C)C. The third-order valence-corrected chi connectivity index (χ3v) is 4.14. The summed E-state index contributed by atoms with van der Waals surface area (Å²) < 4.78 is 5.50. The normalized spacial score (nSPS) is 16.4. The van der Waals surface area contributed by atoms with E-state index in [2.05, 4.69) is 34.3 Å². The van der Waals surface area contributed by atoms with Crippen molar-refractivity contribution in [2.75, 3.05) is 19.7 Å². The summed E-state index contributed by atoms with van der Waals surface area (Å²) in [5.74, 6) is 0.529. The van der Waals surface area contributed by atoms with Gasteiger partial charge >= 0.3 is 6.09 Å². The molecular weight excluding hydrogens is 250 g/mol. The molecule has 1 amide bonds. The Bertz CT molecular complexity index is 328. The summed E-state index contributed by atoms with van der Waals surface area (Å²) in [5, 5.41) is 0. The molecule has 0 aromatic rings. The third-order valence-electron chi connectivity index (χ3n) is 4.14. The number of nitrogens with zero attached hydrogens (tertiary/aromatic N) is 1. The van der Waals surface area contributed by atoms with Gasteiger partial charge in [0.25, 0.3) is 0 Å². The third kappa shape index (κ3) is 5.98. The molecular formula is C17H31NO2. The molecule has 0 saturated carbocycles.